The van der Waals surface area contributed by atoms with Crippen LogP contribution in [-0.2, 0) is 21.2 Å². The summed E-state index contributed by atoms with van der Waals surface area (Å²) < 4.78 is 34.4. The lowest BCUT2D eigenvalue weighted by Crippen LogP contribution is -2.55. The third-order valence-electron chi connectivity index (χ3n) is 6.32. The Morgan fingerprint density at radius 2 is 1.90 bits per heavy atom. The van der Waals surface area contributed by atoms with Crippen LogP contribution in [0.4, 0.5) is 10.5 Å². The molecule has 0 saturated carbocycles. The first-order chi connectivity index (χ1) is 14.9. The number of anilines is 1. The summed E-state index contributed by atoms with van der Waals surface area (Å²) in [4.78, 5) is 14.8. The Morgan fingerprint density at radius 3 is 2.61 bits per heavy atom. The van der Waals surface area contributed by atoms with E-state index in [2.05, 4.69) is 17.0 Å². The molecule has 2 heterocycles. The van der Waals surface area contributed by atoms with E-state index in [0.29, 0.717) is 39.1 Å². The summed E-state index contributed by atoms with van der Waals surface area (Å²) in [6.45, 7) is 4.04. The van der Waals surface area contributed by atoms with Crippen molar-refractivity contribution in [3.63, 3.8) is 0 Å². The maximum Gasteiger partial charge on any atom is 0.321 e. The lowest BCUT2D eigenvalue weighted by atomic mass is 9.78. The molecule has 0 unspecified atom stereocenters. The van der Waals surface area contributed by atoms with Crippen LogP contribution in [0, 0.1) is 5.41 Å². The molecule has 31 heavy (non-hydrogen) atoms. The number of amides is 2. The molecular formula is C23H29N3O4S. The molecule has 2 aliphatic rings. The van der Waals surface area contributed by atoms with Crippen LogP contribution in [-0.4, -0.2) is 51.7 Å². The molecule has 1 spiro atoms. The molecule has 2 atom stereocenters. The minimum Gasteiger partial charge on any atom is -0.381 e. The average molecular weight is 444 g/mol. The molecule has 2 aromatic carbocycles. The number of carbonyl (C=O) groups is 1. The summed E-state index contributed by atoms with van der Waals surface area (Å²) in [5.74, 6) is 0. The number of hydrogen-bond acceptors (Lipinski definition) is 4. The number of carbonyl (C=O) groups excluding carboxylic acids is 1. The first-order valence-corrected chi connectivity index (χ1v) is 12.2. The second kappa shape index (κ2) is 8.98. The third kappa shape index (κ3) is 4.76. The van der Waals surface area contributed by atoms with E-state index in [0.717, 1.165) is 12.1 Å². The maximum absolute atomic E-state index is 12.9. The topological polar surface area (TPSA) is 87.7 Å². The predicted octanol–water partition coefficient (Wildman–Crippen LogP) is 3.24. The van der Waals surface area contributed by atoms with Crippen molar-refractivity contribution in [2.24, 2.45) is 5.41 Å². The van der Waals surface area contributed by atoms with Gasteiger partial charge in [0.2, 0.25) is 10.0 Å². The van der Waals surface area contributed by atoms with Gasteiger partial charge in [0, 0.05) is 36.8 Å². The highest BCUT2D eigenvalue weighted by atomic mass is 32.2. The van der Waals surface area contributed by atoms with Crippen molar-refractivity contribution >= 4 is 21.7 Å². The number of benzene rings is 2. The molecule has 2 N–H and O–H groups in total. The van der Waals surface area contributed by atoms with Crippen LogP contribution in [0.3, 0.4) is 0 Å². The van der Waals surface area contributed by atoms with Gasteiger partial charge in [-0.15, -0.1) is 0 Å². The Balaban J connectivity index is 1.45. The fourth-order valence-electron chi connectivity index (χ4n) is 4.42. The highest BCUT2D eigenvalue weighted by molar-refractivity contribution is 7.89. The molecule has 2 aromatic rings. The van der Waals surface area contributed by atoms with Crippen LogP contribution in [0.15, 0.2) is 59.5 Å². The molecule has 0 aliphatic carbocycles. The van der Waals surface area contributed by atoms with E-state index in [-0.39, 0.29) is 17.0 Å². The van der Waals surface area contributed by atoms with Gasteiger partial charge in [0.15, 0.2) is 0 Å². The summed E-state index contributed by atoms with van der Waals surface area (Å²) in [6, 6.07) is 15.8. The van der Waals surface area contributed by atoms with Crippen LogP contribution in [0.25, 0.3) is 0 Å². The van der Waals surface area contributed by atoms with E-state index in [4.69, 9.17) is 4.74 Å². The number of nitrogens with zero attached hydrogens (tertiary/aromatic N) is 1. The van der Waals surface area contributed by atoms with Gasteiger partial charge in [-0.3, -0.25) is 0 Å². The Labute approximate surface area is 183 Å². The van der Waals surface area contributed by atoms with Crippen molar-refractivity contribution in [3.05, 3.63) is 60.2 Å². The molecule has 2 amide bonds. The standard InChI is InChI=1S/C23H29N3O4S/c1-2-18-8-10-19(11-9-18)24-22(27)26-14-13-23(16-26)17-30-15-12-21(23)25-31(28,29)20-6-4-3-5-7-20/h3-11,21,25H,2,12-17H2,1H3,(H,24,27)/t21-,23+/m0/s1. The van der Waals surface area contributed by atoms with Crippen LogP contribution in [0.5, 0.6) is 0 Å². The zero-order chi connectivity index (χ0) is 21.9. The highest BCUT2D eigenvalue weighted by Crippen LogP contribution is 2.39. The quantitative estimate of drug-likeness (QED) is 0.743. The maximum atomic E-state index is 12.9. The van der Waals surface area contributed by atoms with E-state index in [1.165, 1.54) is 5.56 Å². The molecule has 2 fully saturated rings. The van der Waals surface area contributed by atoms with Gasteiger partial charge in [0.25, 0.3) is 0 Å². The van der Waals surface area contributed by atoms with Gasteiger partial charge in [-0.25, -0.2) is 17.9 Å². The van der Waals surface area contributed by atoms with Gasteiger partial charge in [-0.1, -0.05) is 37.3 Å². The number of aryl methyl sites for hydroxylation is 1. The summed E-state index contributed by atoms with van der Waals surface area (Å²) in [7, 11) is -3.64. The van der Waals surface area contributed by atoms with Gasteiger partial charge in [-0.2, -0.15) is 0 Å². The third-order valence-corrected chi connectivity index (χ3v) is 7.80. The van der Waals surface area contributed by atoms with Gasteiger partial charge in [0.1, 0.15) is 0 Å². The van der Waals surface area contributed by atoms with Gasteiger partial charge in [0.05, 0.1) is 11.5 Å². The van der Waals surface area contributed by atoms with Crippen LogP contribution < -0.4 is 10.0 Å². The number of rotatable bonds is 5. The predicted molar refractivity (Wildman–Crippen MR) is 119 cm³/mol. The summed E-state index contributed by atoms with van der Waals surface area (Å²) in [5, 5.41) is 2.95. The number of likely N-dealkylation sites (tertiary alicyclic amines) is 1. The molecule has 4 rings (SSSR count). The molecular weight excluding hydrogens is 414 g/mol. The first kappa shape index (κ1) is 21.8. The zero-order valence-corrected chi connectivity index (χ0v) is 18.5. The van der Waals surface area contributed by atoms with Crippen molar-refractivity contribution < 1.29 is 17.9 Å². The molecule has 0 aromatic heterocycles. The van der Waals surface area contributed by atoms with Crippen molar-refractivity contribution in [2.45, 2.75) is 37.1 Å². The van der Waals surface area contributed by atoms with Crippen molar-refractivity contribution in [2.75, 3.05) is 31.6 Å². The van der Waals surface area contributed by atoms with Crippen LogP contribution >= 0.6 is 0 Å². The van der Waals surface area contributed by atoms with E-state index in [1.54, 1.807) is 35.2 Å². The fourth-order valence-corrected chi connectivity index (χ4v) is 5.81. The number of hydrogen-bond donors (Lipinski definition) is 2. The lowest BCUT2D eigenvalue weighted by molar-refractivity contribution is -0.0196. The Hall–Kier alpha value is -2.42. The number of urea groups is 1. The smallest absolute Gasteiger partial charge is 0.321 e. The second-order valence-corrected chi connectivity index (χ2v) is 10.1. The van der Waals surface area contributed by atoms with Crippen LogP contribution in [0.2, 0.25) is 0 Å². The van der Waals surface area contributed by atoms with E-state index < -0.39 is 15.4 Å². The normalized spacial score (nSPS) is 23.8. The summed E-state index contributed by atoms with van der Waals surface area (Å²) in [6.07, 6.45) is 2.22. The SMILES string of the molecule is CCc1ccc(NC(=O)N2CC[C@]3(COCC[C@@H]3NS(=O)(=O)c3ccccc3)C2)cc1. The van der Waals surface area contributed by atoms with Gasteiger partial charge < -0.3 is 15.0 Å². The Bertz CT molecular complexity index is 1010. The molecule has 2 saturated heterocycles. The van der Waals surface area contributed by atoms with Crippen LogP contribution in [0.1, 0.15) is 25.3 Å². The van der Waals surface area contributed by atoms with E-state index in [9.17, 15) is 13.2 Å². The molecule has 7 nitrogen and oxygen atoms in total. The largest absolute Gasteiger partial charge is 0.381 e. The average Bonchev–Trinajstić information content (AvgIpc) is 3.21. The molecule has 0 bridgehead atoms. The van der Waals surface area contributed by atoms with Crippen molar-refractivity contribution in [3.8, 4) is 0 Å². The molecule has 8 heteroatoms. The number of nitrogens with one attached hydrogen (secondary N) is 2. The van der Waals surface area contributed by atoms with Gasteiger partial charge in [-0.05, 0) is 49.1 Å². The zero-order valence-electron chi connectivity index (χ0n) is 17.7. The highest BCUT2D eigenvalue weighted by Gasteiger charge is 2.49. The minimum atomic E-state index is -3.64. The van der Waals surface area contributed by atoms with Crippen molar-refractivity contribution in [1.82, 2.24) is 9.62 Å². The molecule has 2 aliphatic heterocycles. The number of sulfonamides is 1. The molecule has 0 radical (unpaired) electrons. The lowest BCUT2D eigenvalue weighted by Gasteiger charge is -2.41. The monoisotopic (exact) mass is 443 g/mol. The summed E-state index contributed by atoms with van der Waals surface area (Å²) in [5.41, 5.74) is 1.54. The summed E-state index contributed by atoms with van der Waals surface area (Å²) >= 11 is 0. The molecule has 166 valence electrons. The Kier molecular flexibility index (Phi) is 6.31. The van der Waals surface area contributed by atoms with Crippen molar-refractivity contribution in [1.29, 1.82) is 0 Å². The van der Waals surface area contributed by atoms with E-state index in [1.807, 2.05) is 24.3 Å². The second-order valence-electron chi connectivity index (χ2n) is 8.34. The number of ether oxygens (including phenoxy) is 1. The van der Waals surface area contributed by atoms with Gasteiger partial charge >= 0.3 is 6.03 Å². The van der Waals surface area contributed by atoms with E-state index >= 15 is 0 Å². The fraction of sp³-hybridized carbons (Fsp3) is 0.435. The minimum absolute atomic E-state index is 0.170. The first-order valence-electron chi connectivity index (χ1n) is 10.7. The Morgan fingerprint density at radius 1 is 1.16 bits per heavy atom.